The maximum atomic E-state index is 12.8. The van der Waals surface area contributed by atoms with Crippen molar-refractivity contribution < 1.29 is 9.59 Å². The van der Waals surface area contributed by atoms with Gasteiger partial charge in [-0.15, -0.1) is 0 Å². The molecule has 4 fully saturated rings. The molecule has 4 aliphatic rings. The third kappa shape index (κ3) is 3.21. The van der Waals surface area contributed by atoms with E-state index >= 15 is 0 Å². The van der Waals surface area contributed by atoms with Crippen LogP contribution in [0.15, 0.2) is 0 Å². The fraction of sp³-hybridized carbons (Fsp3) is 0.900. The van der Waals surface area contributed by atoms with Crippen LogP contribution >= 0.6 is 0 Å². The van der Waals surface area contributed by atoms with E-state index in [0.29, 0.717) is 23.7 Å². The molecule has 0 aromatic carbocycles. The normalized spacial score (nSPS) is 34.4. The minimum absolute atomic E-state index is 0.159. The lowest BCUT2D eigenvalue weighted by atomic mass is 9.86. The van der Waals surface area contributed by atoms with Crippen molar-refractivity contribution in [1.29, 1.82) is 0 Å². The largest absolute Gasteiger partial charge is 0.342 e. The van der Waals surface area contributed by atoms with Crippen molar-refractivity contribution in [3.63, 3.8) is 0 Å². The zero-order valence-electron chi connectivity index (χ0n) is 14.9. The van der Waals surface area contributed by atoms with Crippen LogP contribution in [0.2, 0.25) is 0 Å². The number of carbonyl (C=O) groups is 2. The zero-order valence-corrected chi connectivity index (χ0v) is 14.9. The summed E-state index contributed by atoms with van der Waals surface area (Å²) in [7, 11) is 0. The topological polar surface area (TPSA) is 40.6 Å². The van der Waals surface area contributed by atoms with Gasteiger partial charge >= 0.3 is 0 Å². The van der Waals surface area contributed by atoms with Gasteiger partial charge in [-0.25, -0.2) is 0 Å². The number of hydrogen-bond donors (Lipinski definition) is 0. The predicted molar refractivity (Wildman–Crippen MR) is 93.3 cm³/mol. The average molecular weight is 332 g/mol. The summed E-state index contributed by atoms with van der Waals surface area (Å²) in [6.07, 6.45) is 11.6. The van der Waals surface area contributed by atoms with Crippen LogP contribution in [0.25, 0.3) is 0 Å². The lowest BCUT2D eigenvalue weighted by Crippen LogP contribution is -2.46. The third-order valence-corrected chi connectivity index (χ3v) is 7.13. The van der Waals surface area contributed by atoms with Crippen molar-refractivity contribution in [1.82, 2.24) is 9.80 Å². The maximum absolute atomic E-state index is 12.8. The van der Waals surface area contributed by atoms with Gasteiger partial charge in [0.25, 0.3) is 0 Å². The molecule has 2 saturated carbocycles. The summed E-state index contributed by atoms with van der Waals surface area (Å²) in [6.45, 7) is 3.50. The SMILES string of the molecule is O=C(C1CCN(C(=O)[C@@H]2C[C@H]3CC[C@H]2C3)CC1)N1CCCCCC1. The molecule has 2 aliphatic heterocycles. The van der Waals surface area contributed by atoms with Gasteiger partial charge in [-0.1, -0.05) is 19.3 Å². The van der Waals surface area contributed by atoms with Gasteiger partial charge < -0.3 is 9.80 Å². The van der Waals surface area contributed by atoms with Gasteiger partial charge in [-0.2, -0.15) is 0 Å². The summed E-state index contributed by atoms with van der Waals surface area (Å²) in [5.41, 5.74) is 0. The molecule has 0 radical (unpaired) electrons. The monoisotopic (exact) mass is 332 g/mol. The van der Waals surface area contributed by atoms with Crippen LogP contribution in [-0.2, 0) is 9.59 Å². The van der Waals surface area contributed by atoms with E-state index in [-0.39, 0.29) is 5.92 Å². The highest BCUT2D eigenvalue weighted by molar-refractivity contribution is 5.81. The molecule has 2 bridgehead atoms. The Labute approximate surface area is 145 Å². The van der Waals surface area contributed by atoms with E-state index in [1.54, 1.807) is 0 Å². The van der Waals surface area contributed by atoms with Gasteiger partial charge in [-0.05, 0) is 56.8 Å². The smallest absolute Gasteiger partial charge is 0.225 e. The number of amides is 2. The molecule has 24 heavy (non-hydrogen) atoms. The van der Waals surface area contributed by atoms with Crippen LogP contribution < -0.4 is 0 Å². The molecule has 4 heteroatoms. The molecular weight excluding hydrogens is 300 g/mol. The minimum atomic E-state index is 0.159. The number of likely N-dealkylation sites (tertiary alicyclic amines) is 2. The minimum Gasteiger partial charge on any atom is -0.342 e. The lowest BCUT2D eigenvalue weighted by Gasteiger charge is -2.36. The summed E-state index contributed by atoms with van der Waals surface area (Å²) in [5.74, 6) is 2.73. The molecular formula is C20H32N2O2. The summed E-state index contributed by atoms with van der Waals surface area (Å²) in [4.78, 5) is 29.8. The van der Waals surface area contributed by atoms with E-state index in [1.807, 2.05) is 0 Å². The van der Waals surface area contributed by atoms with Gasteiger partial charge in [0.1, 0.15) is 0 Å². The molecule has 2 heterocycles. The van der Waals surface area contributed by atoms with Gasteiger partial charge in [0.15, 0.2) is 0 Å². The highest BCUT2D eigenvalue weighted by Crippen LogP contribution is 2.49. The fourth-order valence-electron chi connectivity index (χ4n) is 5.68. The van der Waals surface area contributed by atoms with Crippen LogP contribution in [0.4, 0.5) is 0 Å². The van der Waals surface area contributed by atoms with Crippen molar-refractivity contribution in [3.05, 3.63) is 0 Å². The Morgan fingerprint density at radius 1 is 0.667 bits per heavy atom. The fourth-order valence-corrected chi connectivity index (χ4v) is 5.68. The number of hydrogen-bond acceptors (Lipinski definition) is 2. The van der Waals surface area contributed by atoms with E-state index in [0.717, 1.165) is 64.2 Å². The summed E-state index contributed by atoms with van der Waals surface area (Å²) in [6, 6.07) is 0. The van der Waals surface area contributed by atoms with E-state index < -0.39 is 0 Å². The van der Waals surface area contributed by atoms with E-state index in [2.05, 4.69) is 9.80 Å². The first-order valence-electron chi connectivity index (χ1n) is 10.3. The molecule has 0 spiro atoms. The molecule has 0 unspecified atom stereocenters. The van der Waals surface area contributed by atoms with Gasteiger partial charge in [0.2, 0.25) is 11.8 Å². The Morgan fingerprint density at radius 2 is 1.33 bits per heavy atom. The molecule has 3 atom stereocenters. The molecule has 0 aromatic heterocycles. The van der Waals surface area contributed by atoms with Crippen molar-refractivity contribution in [2.45, 2.75) is 64.2 Å². The Kier molecular flexibility index (Phi) is 4.82. The van der Waals surface area contributed by atoms with Crippen LogP contribution in [-0.4, -0.2) is 47.8 Å². The van der Waals surface area contributed by atoms with E-state index in [4.69, 9.17) is 0 Å². The second-order valence-corrected chi connectivity index (χ2v) is 8.62. The zero-order chi connectivity index (χ0) is 16.5. The number of fused-ring (bicyclic) bond motifs is 2. The molecule has 2 aliphatic carbocycles. The molecule has 0 aromatic rings. The highest BCUT2D eigenvalue weighted by Gasteiger charge is 2.45. The Morgan fingerprint density at radius 3 is 1.92 bits per heavy atom. The first-order valence-corrected chi connectivity index (χ1v) is 10.3. The number of piperidine rings is 1. The van der Waals surface area contributed by atoms with Crippen molar-refractivity contribution in [2.24, 2.45) is 23.7 Å². The van der Waals surface area contributed by atoms with Crippen LogP contribution in [0.5, 0.6) is 0 Å². The van der Waals surface area contributed by atoms with Crippen molar-refractivity contribution >= 4 is 11.8 Å². The molecule has 4 nitrogen and oxygen atoms in total. The quantitative estimate of drug-likeness (QED) is 0.780. The highest BCUT2D eigenvalue weighted by atomic mass is 16.2. The summed E-state index contributed by atoms with van der Waals surface area (Å²) >= 11 is 0. The van der Waals surface area contributed by atoms with Crippen LogP contribution in [0, 0.1) is 23.7 Å². The molecule has 2 amide bonds. The first-order chi connectivity index (χ1) is 11.7. The van der Waals surface area contributed by atoms with Gasteiger partial charge in [0, 0.05) is 38.0 Å². The van der Waals surface area contributed by atoms with Gasteiger partial charge in [-0.3, -0.25) is 9.59 Å². The Bertz CT molecular complexity index is 476. The first kappa shape index (κ1) is 16.4. The molecule has 4 rings (SSSR count). The average Bonchev–Trinajstić information content (AvgIpc) is 3.15. The standard InChI is InChI=1S/C20H32N2O2/c23-19(21-9-3-1-2-4-10-21)16-7-11-22(12-8-16)20(24)18-14-15-5-6-17(18)13-15/h15-18H,1-14H2/t15-,17-,18+/m0/s1. The molecule has 134 valence electrons. The number of rotatable bonds is 2. The predicted octanol–water partition coefficient (Wildman–Crippen LogP) is 3.06. The van der Waals surface area contributed by atoms with Gasteiger partial charge in [0.05, 0.1) is 0 Å². The second-order valence-electron chi connectivity index (χ2n) is 8.62. The van der Waals surface area contributed by atoms with Crippen LogP contribution in [0.3, 0.4) is 0 Å². The summed E-state index contributed by atoms with van der Waals surface area (Å²) in [5, 5.41) is 0. The second kappa shape index (κ2) is 7.05. The summed E-state index contributed by atoms with van der Waals surface area (Å²) < 4.78 is 0. The Hall–Kier alpha value is -1.06. The molecule has 0 N–H and O–H groups in total. The van der Waals surface area contributed by atoms with Crippen molar-refractivity contribution in [3.8, 4) is 0 Å². The van der Waals surface area contributed by atoms with Crippen LogP contribution in [0.1, 0.15) is 64.2 Å². The van der Waals surface area contributed by atoms with E-state index in [9.17, 15) is 9.59 Å². The van der Waals surface area contributed by atoms with E-state index in [1.165, 1.54) is 32.1 Å². The number of carbonyl (C=O) groups excluding carboxylic acids is 2. The Balaban J connectivity index is 1.28. The number of nitrogens with zero attached hydrogens (tertiary/aromatic N) is 2. The lowest BCUT2D eigenvalue weighted by molar-refractivity contribution is -0.143. The van der Waals surface area contributed by atoms with Crippen molar-refractivity contribution in [2.75, 3.05) is 26.2 Å². The third-order valence-electron chi connectivity index (χ3n) is 7.13. The maximum Gasteiger partial charge on any atom is 0.225 e. The molecule has 2 saturated heterocycles.